The summed E-state index contributed by atoms with van der Waals surface area (Å²) in [6, 6.07) is 8.17. The number of nitrogens with one attached hydrogen (secondary N) is 1. The van der Waals surface area contributed by atoms with E-state index in [0.717, 1.165) is 6.42 Å². The lowest BCUT2D eigenvalue weighted by Gasteiger charge is -2.36. The van der Waals surface area contributed by atoms with Crippen molar-refractivity contribution in [2.45, 2.75) is 34.9 Å². The number of piperidine rings is 1. The summed E-state index contributed by atoms with van der Waals surface area (Å²) < 4.78 is 0. The molecule has 3 heterocycles. The molecule has 3 N–H and O–H groups in total. The molecule has 1 aromatic carbocycles. The minimum absolute atomic E-state index is 0.0487. The van der Waals surface area contributed by atoms with Gasteiger partial charge in [0.25, 0.3) is 5.91 Å². The Morgan fingerprint density at radius 2 is 2.09 bits per heavy atom. The first kappa shape index (κ1) is 14.6. The van der Waals surface area contributed by atoms with Crippen LogP contribution in [-0.4, -0.2) is 46.6 Å². The van der Waals surface area contributed by atoms with Gasteiger partial charge in [0.1, 0.15) is 5.54 Å². The number of fused-ring (bicyclic) bond motifs is 1. The number of hydrogen-bond donors (Lipinski definition) is 2. The minimum Gasteiger partial charge on any atom is -0.370 e. The van der Waals surface area contributed by atoms with Crippen LogP contribution in [0.3, 0.4) is 0 Å². The van der Waals surface area contributed by atoms with E-state index in [4.69, 9.17) is 5.73 Å². The van der Waals surface area contributed by atoms with Crippen molar-refractivity contribution in [1.29, 1.82) is 0 Å². The lowest BCUT2D eigenvalue weighted by molar-refractivity contribution is -0.135. The van der Waals surface area contributed by atoms with Crippen LogP contribution in [0, 0.1) is 0 Å². The molecule has 0 radical (unpaired) electrons. The van der Waals surface area contributed by atoms with Crippen molar-refractivity contribution < 1.29 is 9.59 Å². The van der Waals surface area contributed by atoms with E-state index < -0.39 is 5.54 Å². The van der Waals surface area contributed by atoms with E-state index in [2.05, 4.69) is 22.4 Å². The maximum Gasteiger partial charge on any atom is 0.254 e. The van der Waals surface area contributed by atoms with E-state index in [1.165, 1.54) is 10.5 Å². The molecule has 1 atom stereocenters. The van der Waals surface area contributed by atoms with Crippen molar-refractivity contribution in [2.24, 2.45) is 10.7 Å². The predicted octanol–water partition coefficient (Wildman–Crippen LogP) is 0.509. The standard InChI is InChI=1S/C16H18N4O2S/c17-15-18-14(22)16(19-15)5-7-20(8-6-16)13(21)12-9-10-3-1-2-4-11(10)23-12/h1-4,12H,5-9H2,(H3,17,18,19,22)/t12-/m0/s1. The maximum atomic E-state index is 12.8. The molecule has 0 bridgehead atoms. The number of nitrogens with two attached hydrogens (primary N) is 1. The molecule has 0 saturated carbocycles. The predicted molar refractivity (Wildman–Crippen MR) is 88.1 cm³/mol. The van der Waals surface area contributed by atoms with Crippen LogP contribution in [0.2, 0.25) is 0 Å². The van der Waals surface area contributed by atoms with Gasteiger partial charge >= 0.3 is 0 Å². The van der Waals surface area contributed by atoms with Crippen LogP contribution in [0.4, 0.5) is 0 Å². The summed E-state index contributed by atoms with van der Waals surface area (Å²) >= 11 is 1.64. The molecule has 1 spiro atoms. The van der Waals surface area contributed by atoms with E-state index in [-0.39, 0.29) is 23.0 Å². The number of guanidine groups is 1. The highest BCUT2D eigenvalue weighted by Gasteiger charge is 2.46. The van der Waals surface area contributed by atoms with E-state index in [1.807, 2.05) is 17.0 Å². The molecule has 7 heteroatoms. The van der Waals surface area contributed by atoms with E-state index >= 15 is 0 Å². The van der Waals surface area contributed by atoms with Gasteiger partial charge < -0.3 is 10.6 Å². The molecule has 120 valence electrons. The first-order valence-corrected chi connectivity index (χ1v) is 8.65. The highest BCUT2D eigenvalue weighted by Crippen LogP contribution is 2.38. The SMILES string of the molecule is NC1=NC2(CCN(C(=O)[C@@H]3Cc4ccccc4S3)CC2)C(=O)N1. The summed E-state index contributed by atoms with van der Waals surface area (Å²) in [6.45, 7) is 1.10. The molecule has 6 nitrogen and oxygen atoms in total. The molecule has 3 aliphatic rings. The zero-order chi connectivity index (χ0) is 16.0. The zero-order valence-electron chi connectivity index (χ0n) is 12.6. The van der Waals surface area contributed by atoms with Gasteiger partial charge in [-0.15, -0.1) is 11.8 Å². The van der Waals surface area contributed by atoms with Gasteiger partial charge in [-0.3, -0.25) is 14.9 Å². The van der Waals surface area contributed by atoms with Crippen LogP contribution in [0.1, 0.15) is 18.4 Å². The Balaban J connectivity index is 1.42. The molecular weight excluding hydrogens is 312 g/mol. The number of carbonyl (C=O) groups excluding carboxylic acids is 2. The number of nitrogens with zero attached hydrogens (tertiary/aromatic N) is 2. The Morgan fingerprint density at radius 3 is 2.74 bits per heavy atom. The molecule has 4 rings (SSSR count). The lowest BCUT2D eigenvalue weighted by atomic mass is 9.88. The quantitative estimate of drug-likeness (QED) is 0.785. The average molecular weight is 330 g/mol. The summed E-state index contributed by atoms with van der Waals surface area (Å²) in [6.07, 6.45) is 1.86. The fourth-order valence-corrected chi connectivity index (χ4v) is 4.78. The van der Waals surface area contributed by atoms with E-state index in [0.29, 0.717) is 25.9 Å². The Kier molecular flexibility index (Phi) is 3.33. The molecule has 0 aliphatic carbocycles. The number of rotatable bonds is 1. The van der Waals surface area contributed by atoms with Gasteiger partial charge in [0.2, 0.25) is 5.91 Å². The summed E-state index contributed by atoms with van der Waals surface area (Å²) in [4.78, 5) is 32.1. The molecule has 0 aromatic heterocycles. The van der Waals surface area contributed by atoms with Crippen molar-refractivity contribution in [3.63, 3.8) is 0 Å². The summed E-state index contributed by atoms with van der Waals surface area (Å²) in [7, 11) is 0. The van der Waals surface area contributed by atoms with Crippen LogP contribution >= 0.6 is 11.8 Å². The molecule has 23 heavy (non-hydrogen) atoms. The number of aliphatic imine (C=N–C) groups is 1. The molecule has 0 unspecified atom stereocenters. The lowest BCUT2D eigenvalue weighted by Crippen LogP contribution is -2.52. The van der Waals surface area contributed by atoms with E-state index in [9.17, 15) is 9.59 Å². The highest BCUT2D eigenvalue weighted by atomic mass is 32.2. The molecule has 1 saturated heterocycles. The minimum atomic E-state index is -0.757. The zero-order valence-corrected chi connectivity index (χ0v) is 13.4. The van der Waals surface area contributed by atoms with Crippen LogP contribution in [0.25, 0.3) is 0 Å². The van der Waals surface area contributed by atoms with Crippen molar-refractivity contribution in [2.75, 3.05) is 13.1 Å². The number of amides is 2. The third-order valence-corrected chi connectivity index (χ3v) is 6.13. The van der Waals surface area contributed by atoms with Gasteiger partial charge in [0.15, 0.2) is 5.96 Å². The monoisotopic (exact) mass is 330 g/mol. The number of hydrogen-bond acceptors (Lipinski definition) is 5. The fraction of sp³-hybridized carbons (Fsp3) is 0.438. The second kappa shape index (κ2) is 5.26. The normalized spacial score (nSPS) is 25.2. The second-order valence-electron chi connectivity index (χ2n) is 6.23. The molecule has 3 aliphatic heterocycles. The molecule has 1 fully saturated rings. The van der Waals surface area contributed by atoms with Crippen LogP contribution in [0.15, 0.2) is 34.2 Å². The van der Waals surface area contributed by atoms with Crippen LogP contribution < -0.4 is 11.1 Å². The van der Waals surface area contributed by atoms with Gasteiger partial charge in [-0.05, 0) is 30.9 Å². The Bertz CT molecular complexity index is 685. The van der Waals surface area contributed by atoms with Crippen LogP contribution in [-0.2, 0) is 16.0 Å². The number of likely N-dealkylation sites (tertiary alicyclic amines) is 1. The Morgan fingerprint density at radius 1 is 1.35 bits per heavy atom. The fourth-order valence-electron chi connectivity index (χ4n) is 3.50. The largest absolute Gasteiger partial charge is 0.370 e. The highest BCUT2D eigenvalue weighted by molar-refractivity contribution is 8.01. The first-order valence-electron chi connectivity index (χ1n) is 7.77. The number of carbonyl (C=O) groups is 2. The summed E-state index contributed by atoms with van der Waals surface area (Å²) in [5.74, 6) is 0.220. The molecule has 2 amide bonds. The number of benzene rings is 1. The molecular formula is C16H18N4O2S. The van der Waals surface area contributed by atoms with Crippen LogP contribution in [0.5, 0.6) is 0 Å². The Hall–Kier alpha value is -2.02. The molecule has 1 aromatic rings. The third-order valence-electron chi connectivity index (χ3n) is 4.82. The van der Waals surface area contributed by atoms with Gasteiger partial charge in [0.05, 0.1) is 5.25 Å². The topological polar surface area (TPSA) is 87.8 Å². The maximum absolute atomic E-state index is 12.8. The summed E-state index contributed by atoms with van der Waals surface area (Å²) in [5.41, 5.74) is 6.10. The van der Waals surface area contributed by atoms with Crippen molar-refractivity contribution in [3.8, 4) is 0 Å². The van der Waals surface area contributed by atoms with Crippen molar-refractivity contribution >= 4 is 29.5 Å². The van der Waals surface area contributed by atoms with Gasteiger partial charge in [0, 0.05) is 18.0 Å². The second-order valence-corrected chi connectivity index (χ2v) is 7.47. The summed E-state index contributed by atoms with van der Waals surface area (Å²) in [5, 5.41) is 2.52. The first-order chi connectivity index (χ1) is 11.1. The smallest absolute Gasteiger partial charge is 0.254 e. The Labute approximate surface area is 138 Å². The number of thioether (sulfide) groups is 1. The average Bonchev–Trinajstić information content (AvgIpc) is 3.09. The van der Waals surface area contributed by atoms with Crippen molar-refractivity contribution in [1.82, 2.24) is 10.2 Å². The van der Waals surface area contributed by atoms with E-state index in [1.54, 1.807) is 11.8 Å². The van der Waals surface area contributed by atoms with Gasteiger partial charge in [-0.2, -0.15) is 0 Å². The third kappa shape index (κ3) is 2.39. The van der Waals surface area contributed by atoms with Gasteiger partial charge in [-0.1, -0.05) is 18.2 Å². The van der Waals surface area contributed by atoms with Gasteiger partial charge in [-0.25, -0.2) is 4.99 Å². The van der Waals surface area contributed by atoms with Crippen molar-refractivity contribution in [3.05, 3.63) is 29.8 Å².